The highest BCUT2D eigenvalue weighted by Crippen LogP contribution is 2.35. The van der Waals surface area contributed by atoms with Crippen LogP contribution in [0.4, 0.5) is 8.78 Å². The molecule has 0 bridgehead atoms. The Kier molecular flexibility index (Phi) is 19.6. The Morgan fingerprint density at radius 3 is 2.30 bits per heavy atom. The number of halogens is 3. The van der Waals surface area contributed by atoms with E-state index in [2.05, 4.69) is 69.1 Å². The van der Waals surface area contributed by atoms with Gasteiger partial charge in [-0.15, -0.1) is 6.58 Å². The first kappa shape index (κ1) is 37.3. The molecule has 2 aromatic rings. The number of allylic oxidation sites excluding steroid dienone is 7. The molecule has 5 heteroatoms. The molecule has 1 aromatic carbocycles. The van der Waals surface area contributed by atoms with E-state index >= 15 is 0 Å². The second kappa shape index (κ2) is 21.1. The minimum Gasteiger partial charge on any atom is -0.358 e. The molecule has 0 saturated heterocycles. The number of aryl methyl sites for hydroxylation is 1. The van der Waals surface area contributed by atoms with Crippen LogP contribution < -0.4 is 0 Å². The highest BCUT2D eigenvalue weighted by molar-refractivity contribution is 6.31. The van der Waals surface area contributed by atoms with Crippen molar-refractivity contribution in [3.63, 3.8) is 0 Å². The largest absolute Gasteiger partial charge is 0.358 e. The second-order valence-corrected chi connectivity index (χ2v) is 10.6. The summed E-state index contributed by atoms with van der Waals surface area (Å²) in [6.45, 7) is 23.4. The fourth-order valence-corrected chi connectivity index (χ4v) is 4.13. The molecule has 1 heterocycles. The summed E-state index contributed by atoms with van der Waals surface area (Å²) in [5, 5.41) is 1.25. The number of H-pyrrole nitrogens is 1. The Labute approximate surface area is 247 Å². The smallest absolute Gasteiger partial charge is 0.143 e. The maximum absolute atomic E-state index is 13.9. The Bertz CT molecular complexity index is 1180. The maximum atomic E-state index is 13.9. The summed E-state index contributed by atoms with van der Waals surface area (Å²) >= 11 is 6.05. The highest BCUT2D eigenvalue weighted by atomic mass is 35.5. The van der Waals surface area contributed by atoms with Gasteiger partial charge in [0.15, 0.2) is 0 Å². The van der Waals surface area contributed by atoms with Gasteiger partial charge in [-0.3, -0.25) is 4.99 Å². The molecule has 0 spiro atoms. The molecule has 40 heavy (non-hydrogen) atoms. The second-order valence-electron chi connectivity index (χ2n) is 10.2. The van der Waals surface area contributed by atoms with Crippen LogP contribution in [0.2, 0.25) is 5.02 Å². The monoisotopic (exact) mass is 572 g/mol. The predicted octanol–water partition coefficient (Wildman–Crippen LogP) is 12.5. The standard InChI is InChI=1S/C22H29ClFN.C9H14FN.C4H8/c1-5-8-11-16(10-7-3)15(4)22-17(12-9-6-2)18-13-19(23)20(24)14-21(18)25-22;1-4-6-8(3)11-7-9(10)5-2;1-4(2)3/h7,10-11,13-15,25H,5-6,8-9,12H2,1-4H3;5,7H,2,4,6H2,1,3H3;1H2,2-3H3/b10-7-,16-11+;9-7+,11-8?;. The third-order valence-corrected chi connectivity index (χ3v) is 6.23. The van der Waals surface area contributed by atoms with Crippen LogP contribution >= 0.6 is 11.6 Å². The van der Waals surface area contributed by atoms with Crippen molar-refractivity contribution in [3.8, 4) is 0 Å². The SMILES string of the molecule is C/C=C\C(=C/CCC)C(C)c1[nH]c2cc(F)c(Cl)cc2c1CCCC.C=C(C)C.C=C/C(F)=C\N=C(C)CCC. The first-order valence-electron chi connectivity index (χ1n) is 14.4. The van der Waals surface area contributed by atoms with Gasteiger partial charge in [-0.1, -0.05) is 88.9 Å². The number of rotatable bonds is 12. The van der Waals surface area contributed by atoms with Crippen molar-refractivity contribution in [1.82, 2.24) is 4.98 Å². The van der Waals surface area contributed by atoms with Crippen LogP contribution in [0, 0.1) is 5.82 Å². The van der Waals surface area contributed by atoms with Gasteiger partial charge in [-0.25, -0.2) is 8.78 Å². The minimum absolute atomic E-state index is 0.193. The summed E-state index contributed by atoms with van der Waals surface area (Å²) in [7, 11) is 0. The summed E-state index contributed by atoms with van der Waals surface area (Å²) < 4.78 is 26.3. The zero-order valence-corrected chi connectivity index (χ0v) is 26.8. The van der Waals surface area contributed by atoms with E-state index in [1.807, 2.05) is 27.7 Å². The average molecular weight is 573 g/mol. The molecule has 0 saturated carbocycles. The van der Waals surface area contributed by atoms with Crippen LogP contribution in [-0.2, 0) is 6.42 Å². The van der Waals surface area contributed by atoms with Crippen LogP contribution in [0.25, 0.3) is 10.9 Å². The van der Waals surface area contributed by atoms with Crippen molar-refractivity contribution in [2.45, 2.75) is 106 Å². The molecule has 0 aliphatic rings. The lowest BCUT2D eigenvalue weighted by molar-refractivity contribution is 0.630. The molecule has 0 aliphatic heterocycles. The van der Waals surface area contributed by atoms with E-state index in [4.69, 9.17) is 11.6 Å². The molecule has 1 N–H and O–H groups in total. The normalized spacial score (nSPS) is 13.0. The molecular weight excluding hydrogens is 522 g/mol. The lowest BCUT2D eigenvalue weighted by Gasteiger charge is -2.15. The molecular formula is C35H51ClF2N2. The van der Waals surface area contributed by atoms with Crippen LogP contribution in [0.1, 0.15) is 111 Å². The number of unbranched alkanes of at least 4 members (excludes halogenated alkanes) is 2. The number of benzene rings is 1. The van der Waals surface area contributed by atoms with Crippen molar-refractivity contribution in [3.05, 3.63) is 94.9 Å². The zero-order chi connectivity index (χ0) is 30.7. The topological polar surface area (TPSA) is 28.1 Å². The molecule has 0 radical (unpaired) electrons. The van der Waals surface area contributed by atoms with Gasteiger partial charge in [-0.2, -0.15) is 0 Å². The van der Waals surface area contributed by atoms with E-state index in [0.29, 0.717) is 0 Å². The van der Waals surface area contributed by atoms with E-state index < -0.39 is 0 Å². The minimum atomic E-state index is -0.388. The Hall–Kier alpha value is -2.72. The predicted molar refractivity (Wildman–Crippen MR) is 176 cm³/mol. The van der Waals surface area contributed by atoms with E-state index in [0.717, 1.165) is 67.6 Å². The summed E-state index contributed by atoms with van der Waals surface area (Å²) in [5.41, 5.74) is 6.72. The highest BCUT2D eigenvalue weighted by Gasteiger charge is 2.19. The van der Waals surface area contributed by atoms with Crippen molar-refractivity contribution < 1.29 is 8.78 Å². The zero-order valence-electron chi connectivity index (χ0n) is 26.1. The Morgan fingerprint density at radius 1 is 1.12 bits per heavy atom. The van der Waals surface area contributed by atoms with Gasteiger partial charge < -0.3 is 4.98 Å². The fourth-order valence-electron chi connectivity index (χ4n) is 3.97. The first-order chi connectivity index (χ1) is 19.0. The number of hydrogen-bond donors (Lipinski definition) is 1. The third kappa shape index (κ3) is 14.1. The van der Waals surface area contributed by atoms with E-state index in [-0.39, 0.29) is 22.6 Å². The first-order valence-corrected chi connectivity index (χ1v) is 14.8. The molecule has 0 fully saturated rings. The van der Waals surface area contributed by atoms with E-state index in [1.54, 1.807) is 6.07 Å². The number of aromatic amines is 1. The van der Waals surface area contributed by atoms with Crippen molar-refractivity contribution >= 4 is 28.2 Å². The van der Waals surface area contributed by atoms with Crippen molar-refractivity contribution in [1.29, 1.82) is 0 Å². The van der Waals surface area contributed by atoms with Gasteiger partial charge in [0.25, 0.3) is 0 Å². The van der Waals surface area contributed by atoms with Gasteiger partial charge in [0.2, 0.25) is 0 Å². The number of nitrogens with zero attached hydrogens (tertiary/aromatic N) is 1. The number of aliphatic imine (C=N–C) groups is 1. The molecule has 0 aliphatic carbocycles. The van der Waals surface area contributed by atoms with E-state index in [1.165, 1.54) is 34.7 Å². The van der Waals surface area contributed by atoms with Gasteiger partial charge in [0.05, 0.1) is 11.2 Å². The molecule has 0 amide bonds. The number of aromatic nitrogens is 1. The van der Waals surface area contributed by atoms with Gasteiger partial charge in [0, 0.05) is 28.2 Å². The molecule has 2 rings (SSSR count). The molecule has 1 aromatic heterocycles. The van der Waals surface area contributed by atoms with Crippen molar-refractivity contribution in [2.75, 3.05) is 0 Å². The van der Waals surface area contributed by atoms with Crippen LogP contribution in [-0.4, -0.2) is 10.7 Å². The quantitative estimate of drug-likeness (QED) is 0.149. The third-order valence-electron chi connectivity index (χ3n) is 5.94. The fraction of sp³-hybridized carbons (Fsp3) is 0.457. The van der Waals surface area contributed by atoms with Crippen molar-refractivity contribution in [2.24, 2.45) is 4.99 Å². The Balaban J connectivity index is 0.000000843. The summed E-state index contributed by atoms with van der Waals surface area (Å²) in [4.78, 5) is 7.38. The lowest BCUT2D eigenvalue weighted by Crippen LogP contribution is -2.01. The average Bonchev–Trinajstić information content (AvgIpc) is 3.25. The lowest BCUT2D eigenvalue weighted by atomic mass is 9.91. The maximum Gasteiger partial charge on any atom is 0.143 e. The molecule has 1 unspecified atom stereocenters. The van der Waals surface area contributed by atoms with E-state index in [9.17, 15) is 8.78 Å². The van der Waals surface area contributed by atoms with Crippen LogP contribution in [0.3, 0.4) is 0 Å². The summed E-state index contributed by atoms with van der Waals surface area (Å²) in [5.74, 6) is -0.517. The summed E-state index contributed by atoms with van der Waals surface area (Å²) in [6, 6.07) is 3.30. The number of nitrogens with one attached hydrogen (secondary N) is 1. The Morgan fingerprint density at radius 2 is 1.77 bits per heavy atom. The molecule has 1 atom stereocenters. The molecule has 2 nitrogen and oxygen atoms in total. The molecule has 222 valence electrons. The summed E-state index contributed by atoms with van der Waals surface area (Å²) in [6.07, 6.45) is 16.3. The number of fused-ring (bicyclic) bond motifs is 1. The van der Waals surface area contributed by atoms with Gasteiger partial charge in [0.1, 0.15) is 11.6 Å². The van der Waals surface area contributed by atoms with Gasteiger partial charge in [-0.05, 0) is 82.7 Å². The van der Waals surface area contributed by atoms with Crippen LogP contribution in [0.5, 0.6) is 0 Å². The number of hydrogen-bond acceptors (Lipinski definition) is 1. The van der Waals surface area contributed by atoms with Gasteiger partial charge >= 0.3 is 0 Å². The van der Waals surface area contributed by atoms with Crippen LogP contribution in [0.15, 0.2) is 77.8 Å².